The summed E-state index contributed by atoms with van der Waals surface area (Å²) in [5, 5.41) is 3.04. The molecule has 0 unspecified atom stereocenters. The Hall–Kier alpha value is -4.94. The number of fused-ring (bicyclic) bond motifs is 1. The van der Waals surface area contributed by atoms with Gasteiger partial charge in [0.25, 0.3) is 0 Å². The second-order valence-corrected chi connectivity index (χ2v) is 12.2. The van der Waals surface area contributed by atoms with Gasteiger partial charge in [0.15, 0.2) is 23.1 Å². The third-order valence-electron chi connectivity index (χ3n) is 7.39. The zero-order valence-corrected chi connectivity index (χ0v) is 25.4. The SMILES string of the molecule is COc1cc2c(Oc3ccc(NC(=O)C4(C(N)=O)CC4)cc3F)ccnc2cc1OCC1(OC(=O)CC(=O)OC(C)(C)C)CC1. The number of nitrogens with two attached hydrogens (primary N) is 1. The number of halogens is 1. The molecular formula is C32H34FN3O9. The number of hydrogen-bond donors (Lipinski definition) is 2. The fourth-order valence-electron chi connectivity index (χ4n) is 4.63. The van der Waals surface area contributed by atoms with Gasteiger partial charge in [-0.3, -0.25) is 24.2 Å². The van der Waals surface area contributed by atoms with Crippen LogP contribution in [0.15, 0.2) is 42.6 Å². The van der Waals surface area contributed by atoms with Crippen LogP contribution in [0.4, 0.5) is 10.1 Å². The van der Waals surface area contributed by atoms with Crippen LogP contribution in [0.3, 0.4) is 0 Å². The number of carbonyl (C=O) groups is 4. The number of nitrogens with one attached hydrogen (secondary N) is 1. The summed E-state index contributed by atoms with van der Waals surface area (Å²) in [4.78, 5) is 52.8. The Labute approximate surface area is 258 Å². The van der Waals surface area contributed by atoms with Crippen LogP contribution in [0, 0.1) is 11.2 Å². The Morgan fingerprint density at radius 1 is 0.956 bits per heavy atom. The first kappa shape index (κ1) is 31.5. The molecule has 2 aliphatic carbocycles. The van der Waals surface area contributed by atoms with Crippen molar-refractivity contribution in [3.8, 4) is 23.0 Å². The van der Waals surface area contributed by atoms with Crippen LogP contribution in [0.2, 0.25) is 0 Å². The summed E-state index contributed by atoms with van der Waals surface area (Å²) in [6.45, 7) is 5.17. The molecule has 0 bridgehead atoms. The van der Waals surface area contributed by atoms with Crippen LogP contribution in [0.5, 0.6) is 23.0 Å². The van der Waals surface area contributed by atoms with Gasteiger partial charge in [0, 0.05) is 29.4 Å². The number of carbonyl (C=O) groups excluding carboxylic acids is 4. The first-order valence-electron chi connectivity index (χ1n) is 14.3. The van der Waals surface area contributed by atoms with Crippen molar-refractivity contribution in [2.45, 2.75) is 64.1 Å². The van der Waals surface area contributed by atoms with E-state index in [9.17, 15) is 19.2 Å². The number of esters is 2. The summed E-state index contributed by atoms with van der Waals surface area (Å²) < 4.78 is 43.2. The smallest absolute Gasteiger partial charge is 0.317 e. The van der Waals surface area contributed by atoms with E-state index < -0.39 is 52.6 Å². The lowest BCUT2D eigenvalue weighted by Gasteiger charge is -2.21. The van der Waals surface area contributed by atoms with Crippen LogP contribution >= 0.6 is 0 Å². The highest BCUT2D eigenvalue weighted by Crippen LogP contribution is 2.46. The molecule has 1 heterocycles. The predicted molar refractivity (Wildman–Crippen MR) is 158 cm³/mol. The number of pyridine rings is 1. The van der Waals surface area contributed by atoms with Crippen molar-refractivity contribution in [1.82, 2.24) is 4.98 Å². The molecule has 2 fully saturated rings. The van der Waals surface area contributed by atoms with E-state index >= 15 is 4.39 Å². The Morgan fingerprint density at radius 2 is 1.69 bits per heavy atom. The predicted octanol–water partition coefficient (Wildman–Crippen LogP) is 4.57. The number of nitrogens with zero attached hydrogens (tertiary/aromatic N) is 1. The minimum atomic E-state index is -1.24. The molecule has 13 heteroatoms. The van der Waals surface area contributed by atoms with Gasteiger partial charge in [-0.2, -0.15) is 0 Å². The average Bonchev–Trinajstić information content (AvgIpc) is 3.88. The molecule has 2 saturated carbocycles. The maximum atomic E-state index is 15.0. The van der Waals surface area contributed by atoms with Crippen molar-refractivity contribution in [3.05, 3.63) is 48.4 Å². The molecule has 0 atom stereocenters. The third-order valence-corrected chi connectivity index (χ3v) is 7.39. The van der Waals surface area contributed by atoms with E-state index in [1.54, 1.807) is 39.0 Å². The van der Waals surface area contributed by atoms with Crippen molar-refractivity contribution >= 4 is 40.3 Å². The molecule has 45 heavy (non-hydrogen) atoms. The van der Waals surface area contributed by atoms with Gasteiger partial charge >= 0.3 is 11.9 Å². The van der Waals surface area contributed by atoms with Crippen LogP contribution < -0.4 is 25.3 Å². The van der Waals surface area contributed by atoms with E-state index in [1.165, 1.54) is 25.4 Å². The van der Waals surface area contributed by atoms with Crippen LogP contribution in [-0.2, 0) is 28.7 Å². The number of rotatable bonds is 12. The highest BCUT2D eigenvalue weighted by atomic mass is 19.1. The molecular weight excluding hydrogens is 589 g/mol. The Bertz CT molecular complexity index is 1680. The van der Waals surface area contributed by atoms with Crippen LogP contribution in [0.25, 0.3) is 10.9 Å². The van der Waals surface area contributed by atoms with Gasteiger partial charge in [-0.25, -0.2) is 4.39 Å². The Morgan fingerprint density at radius 3 is 2.29 bits per heavy atom. The number of primary amides is 1. The largest absolute Gasteiger partial charge is 0.493 e. The maximum absolute atomic E-state index is 15.0. The lowest BCUT2D eigenvalue weighted by Crippen LogP contribution is -2.36. The second kappa shape index (κ2) is 11.9. The monoisotopic (exact) mass is 623 g/mol. The molecule has 1 aromatic heterocycles. The number of benzene rings is 2. The number of hydrogen-bond acceptors (Lipinski definition) is 10. The second-order valence-electron chi connectivity index (χ2n) is 12.2. The van der Waals surface area contributed by atoms with Crippen molar-refractivity contribution in [1.29, 1.82) is 0 Å². The lowest BCUT2D eigenvalue weighted by molar-refractivity contribution is -0.165. The molecule has 3 N–H and O–H groups in total. The number of amides is 2. The molecule has 3 aromatic rings. The fourth-order valence-corrected chi connectivity index (χ4v) is 4.63. The molecule has 5 rings (SSSR count). The summed E-state index contributed by atoms with van der Waals surface area (Å²) in [7, 11) is 1.45. The molecule has 2 amide bonds. The third kappa shape index (κ3) is 7.24. The molecule has 238 valence electrons. The number of aromatic nitrogens is 1. The molecule has 0 radical (unpaired) electrons. The highest BCUT2D eigenvalue weighted by molar-refractivity contribution is 6.12. The van der Waals surface area contributed by atoms with Gasteiger partial charge in [0.1, 0.15) is 35.4 Å². The van der Waals surface area contributed by atoms with Crippen molar-refractivity contribution < 1.29 is 47.3 Å². The Balaban J connectivity index is 1.26. The first-order valence-corrected chi connectivity index (χ1v) is 14.3. The lowest BCUT2D eigenvalue weighted by atomic mass is 10.1. The van der Waals surface area contributed by atoms with E-state index in [0.717, 1.165) is 6.07 Å². The number of ether oxygens (including phenoxy) is 5. The van der Waals surface area contributed by atoms with Gasteiger partial charge in [0.05, 0.1) is 12.6 Å². The highest BCUT2D eigenvalue weighted by Gasteiger charge is 2.55. The standard InChI is InChI=1S/C32H34FN3O9/c1-30(2,3)44-26(37)16-27(38)45-31(8-9-31)17-42-25-15-21-19(14-24(25)41-4)22(7-12-35-21)43-23-6-5-18(13-20(23)33)36-29(40)32(10-11-32)28(34)39/h5-7,12-15H,8-11,16-17H2,1-4H3,(H2,34,39)(H,36,40). The summed E-state index contributed by atoms with van der Waals surface area (Å²) >= 11 is 0. The van der Waals surface area contributed by atoms with Gasteiger partial charge in [-0.1, -0.05) is 0 Å². The van der Waals surface area contributed by atoms with Crippen molar-refractivity contribution in [2.75, 3.05) is 19.0 Å². The van der Waals surface area contributed by atoms with Gasteiger partial charge in [0.2, 0.25) is 11.8 Å². The summed E-state index contributed by atoms with van der Waals surface area (Å²) in [5.74, 6) is -2.55. The van der Waals surface area contributed by atoms with Crippen LogP contribution in [0.1, 0.15) is 52.9 Å². The first-order chi connectivity index (χ1) is 21.2. The molecule has 0 spiro atoms. The van der Waals surface area contributed by atoms with Crippen molar-refractivity contribution in [2.24, 2.45) is 11.1 Å². The quantitative estimate of drug-likeness (QED) is 0.216. The maximum Gasteiger partial charge on any atom is 0.317 e. The van der Waals surface area contributed by atoms with Gasteiger partial charge in [-0.15, -0.1) is 0 Å². The number of anilines is 1. The molecule has 2 aliphatic rings. The van der Waals surface area contributed by atoms with E-state index in [0.29, 0.717) is 48.1 Å². The molecule has 2 aromatic carbocycles. The molecule has 12 nitrogen and oxygen atoms in total. The zero-order chi connectivity index (χ0) is 32.6. The van der Waals surface area contributed by atoms with E-state index in [4.69, 9.17) is 29.4 Å². The number of methoxy groups -OCH3 is 1. The van der Waals surface area contributed by atoms with Crippen molar-refractivity contribution in [3.63, 3.8) is 0 Å². The zero-order valence-electron chi connectivity index (χ0n) is 25.4. The van der Waals surface area contributed by atoms with E-state index in [2.05, 4.69) is 10.3 Å². The summed E-state index contributed by atoms with van der Waals surface area (Å²) in [6, 6.07) is 8.72. The topological polar surface area (TPSA) is 165 Å². The average molecular weight is 624 g/mol. The normalized spacial score (nSPS) is 15.8. The fraction of sp³-hybridized carbons (Fsp3) is 0.406. The minimum Gasteiger partial charge on any atom is -0.493 e. The van der Waals surface area contributed by atoms with Crippen LogP contribution in [-0.4, -0.2) is 53.7 Å². The van der Waals surface area contributed by atoms with Gasteiger partial charge < -0.3 is 34.7 Å². The summed E-state index contributed by atoms with van der Waals surface area (Å²) in [5.41, 5.74) is 3.14. The minimum absolute atomic E-state index is 0.0276. The Kier molecular flexibility index (Phi) is 8.30. The molecule has 0 saturated heterocycles. The van der Waals surface area contributed by atoms with Gasteiger partial charge in [-0.05, 0) is 70.7 Å². The molecule has 0 aliphatic heterocycles. The summed E-state index contributed by atoms with van der Waals surface area (Å²) in [6.07, 6.45) is 2.83. The van der Waals surface area contributed by atoms with E-state index in [1.807, 2.05) is 0 Å². The van der Waals surface area contributed by atoms with E-state index in [-0.39, 0.29) is 23.8 Å².